The van der Waals surface area contributed by atoms with Crippen molar-refractivity contribution in [3.63, 3.8) is 0 Å². The summed E-state index contributed by atoms with van der Waals surface area (Å²) >= 11 is 0. The summed E-state index contributed by atoms with van der Waals surface area (Å²) in [6.07, 6.45) is 9.07. The molecule has 4 aromatic rings. The molecule has 7 heterocycles. The van der Waals surface area contributed by atoms with Crippen molar-refractivity contribution in [3.05, 3.63) is 84.5 Å². The molecule has 4 aliphatic rings. The van der Waals surface area contributed by atoms with Crippen molar-refractivity contribution in [1.82, 2.24) is 45.0 Å². The number of nitrogens with one attached hydrogen (secondary N) is 2. The molecule has 5 amide bonds. The van der Waals surface area contributed by atoms with Crippen molar-refractivity contribution < 1.29 is 38.2 Å². The van der Waals surface area contributed by atoms with E-state index in [9.17, 15) is 24.0 Å². The summed E-state index contributed by atoms with van der Waals surface area (Å²) in [4.78, 5) is 84.6. The molecule has 4 aliphatic heterocycles. The van der Waals surface area contributed by atoms with Crippen LogP contribution < -0.4 is 10.7 Å². The summed E-state index contributed by atoms with van der Waals surface area (Å²) < 4.78 is 20.5. The number of amides is 5. The molecule has 3 aromatic heterocycles. The van der Waals surface area contributed by atoms with E-state index in [4.69, 9.17) is 19.2 Å². The normalized spacial score (nSPS) is 21.3. The maximum atomic E-state index is 14.8. The number of hydrazine groups is 1. The number of nitrogens with zero attached hydrogens (tertiary/aromatic N) is 7. The average Bonchev–Trinajstić information content (AvgIpc) is 3.67. The SMILES string of the molecule is C=CC(=O)N1CCOC2(CCN(C(=O)N(C)[C@H](C(=O)N[C@H]3Cc4cncc(c4)-c4ccc5c(c4)c(c(-c4cccnc4[C@H](C)OC)n5CC)CC(C)(C)COC(=O)[C@@H]4CCCN(N4)C3=O)C(C)C)CC2)C1. The van der Waals surface area contributed by atoms with Crippen molar-refractivity contribution in [1.29, 1.82) is 0 Å². The largest absolute Gasteiger partial charge is 0.464 e. The van der Waals surface area contributed by atoms with Gasteiger partial charge in [-0.2, -0.15) is 0 Å². The molecular formula is C54H71N9O8. The second-order valence-corrected chi connectivity index (χ2v) is 20.8. The number of methoxy groups -OCH3 is 1. The number of aromatic nitrogens is 3. The highest BCUT2D eigenvalue weighted by Crippen LogP contribution is 2.42. The van der Waals surface area contributed by atoms with Crippen molar-refractivity contribution >= 4 is 40.6 Å². The fourth-order valence-corrected chi connectivity index (χ4v) is 11.0. The molecule has 6 bridgehead atoms. The van der Waals surface area contributed by atoms with Crippen LogP contribution in [0.2, 0.25) is 0 Å². The van der Waals surface area contributed by atoms with Crippen LogP contribution in [0.3, 0.4) is 0 Å². The number of cyclic esters (lactones) is 1. The molecule has 0 unspecified atom stereocenters. The van der Waals surface area contributed by atoms with E-state index in [-0.39, 0.29) is 37.0 Å². The minimum absolute atomic E-state index is 0.0836. The zero-order chi connectivity index (χ0) is 50.8. The van der Waals surface area contributed by atoms with Gasteiger partial charge in [-0.15, -0.1) is 0 Å². The number of aryl methyl sites for hydroxylation is 1. The minimum atomic E-state index is -1.10. The summed E-state index contributed by atoms with van der Waals surface area (Å²) in [6, 6.07) is 9.33. The number of likely N-dealkylation sites (N-methyl/N-ethyl adjacent to an activating group) is 1. The van der Waals surface area contributed by atoms with Gasteiger partial charge in [0.25, 0.3) is 5.91 Å². The Labute approximate surface area is 417 Å². The molecule has 0 radical (unpaired) electrons. The van der Waals surface area contributed by atoms with E-state index in [1.165, 1.54) is 16.0 Å². The third kappa shape index (κ3) is 10.7. The molecule has 0 aliphatic carbocycles. The van der Waals surface area contributed by atoms with Crippen LogP contribution in [0.15, 0.2) is 67.6 Å². The Hall–Kier alpha value is -6.17. The smallest absolute Gasteiger partial charge is 0.324 e. The number of esters is 1. The maximum Gasteiger partial charge on any atom is 0.324 e. The lowest BCUT2D eigenvalue weighted by Crippen LogP contribution is -2.63. The van der Waals surface area contributed by atoms with Gasteiger partial charge >= 0.3 is 12.0 Å². The first-order valence-electron chi connectivity index (χ1n) is 25.2. The highest BCUT2D eigenvalue weighted by atomic mass is 16.5. The lowest BCUT2D eigenvalue weighted by molar-refractivity contribution is -0.155. The number of carbonyl (C=O) groups excluding carboxylic acids is 5. The Morgan fingerprint density at radius 1 is 1.04 bits per heavy atom. The van der Waals surface area contributed by atoms with Gasteiger partial charge in [-0.25, -0.2) is 10.2 Å². The van der Waals surface area contributed by atoms with Gasteiger partial charge in [0.15, 0.2) is 0 Å². The van der Waals surface area contributed by atoms with Gasteiger partial charge in [0.05, 0.1) is 42.9 Å². The van der Waals surface area contributed by atoms with E-state index in [0.717, 1.165) is 44.5 Å². The highest BCUT2D eigenvalue weighted by molar-refractivity contribution is 5.96. The maximum absolute atomic E-state index is 14.8. The Kier molecular flexibility index (Phi) is 15.3. The van der Waals surface area contributed by atoms with Crippen LogP contribution >= 0.6 is 0 Å². The zero-order valence-electron chi connectivity index (χ0n) is 42.7. The number of carbonyl (C=O) groups is 5. The Morgan fingerprint density at radius 3 is 2.54 bits per heavy atom. The van der Waals surface area contributed by atoms with E-state index in [1.54, 1.807) is 36.4 Å². The number of ether oxygens (including phenoxy) is 3. The molecule has 17 heteroatoms. The molecule has 1 spiro atoms. The van der Waals surface area contributed by atoms with Crippen LogP contribution in [-0.2, 0) is 52.8 Å². The number of rotatable bonds is 9. The summed E-state index contributed by atoms with van der Waals surface area (Å²) in [5.74, 6) is -1.83. The molecule has 3 fully saturated rings. The van der Waals surface area contributed by atoms with Gasteiger partial charge in [-0.05, 0) is 105 Å². The predicted molar refractivity (Wildman–Crippen MR) is 269 cm³/mol. The number of urea groups is 1. The minimum Gasteiger partial charge on any atom is -0.464 e. The van der Waals surface area contributed by atoms with Crippen molar-refractivity contribution in [2.45, 2.75) is 116 Å². The van der Waals surface area contributed by atoms with Crippen molar-refractivity contribution in [2.24, 2.45) is 11.3 Å². The van der Waals surface area contributed by atoms with Crippen LogP contribution in [0, 0.1) is 11.3 Å². The van der Waals surface area contributed by atoms with Crippen molar-refractivity contribution in [2.75, 3.05) is 60.1 Å². The number of fused-ring (bicyclic) bond motifs is 6. The monoisotopic (exact) mass is 974 g/mol. The first kappa shape index (κ1) is 51.2. The van der Waals surface area contributed by atoms with Gasteiger partial charge in [-0.1, -0.05) is 40.3 Å². The fourth-order valence-electron chi connectivity index (χ4n) is 11.0. The van der Waals surface area contributed by atoms with Gasteiger partial charge < -0.3 is 38.8 Å². The summed E-state index contributed by atoms with van der Waals surface area (Å²) in [5, 5.41) is 5.55. The van der Waals surface area contributed by atoms with Gasteiger partial charge in [0, 0.05) is 99.3 Å². The second kappa shape index (κ2) is 21.3. The summed E-state index contributed by atoms with van der Waals surface area (Å²) in [6.45, 7) is 18.9. The molecule has 0 saturated carbocycles. The number of piperidine rings is 1. The molecule has 1 aromatic carbocycles. The van der Waals surface area contributed by atoms with Crippen LogP contribution in [0.4, 0.5) is 4.79 Å². The number of morpholine rings is 1. The quantitative estimate of drug-likeness (QED) is 0.146. The van der Waals surface area contributed by atoms with Crippen LogP contribution in [0.1, 0.15) is 90.2 Å². The van der Waals surface area contributed by atoms with Crippen LogP contribution in [-0.4, -0.2) is 148 Å². The number of benzene rings is 1. The Balaban J connectivity index is 1.12. The molecule has 3 saturated heterocycles. The number of hydrogen-bond acceptors (Lipinski definition) is 11. The molecule has 8 rings (SSSR count). The first-order chi connectivity index (χ1) is 34.0. The third-order valence-electron chi connectivity index (χ3n) is 14.8. The van der Waals surface area contributed by atoms with E-state index in [0.29, 0.717) is 83.5 Å². The fraction of sp³-hybridized carbons (Fsp3) is 0.537. The van der Waals surface area contributed by atoms with E-state index in [1.807, 2.05) is 39.1 Å². The summed E-state index contributed by atoms with van der Waals surface area (Å²) in [5.41, 5.74) is 9.54. The second-order valence-electron chi connectivity index (χ2n) is 20.8. The summed E-state index contributed by atoms with van der Waals surface area (Å²) in [7, 11) is 3.31. The van der Waals surface area contributed by atoms with E-state index in [2.05, 4.69) is 71.9 Å². The van der Waals surface area contributed by atoms with Crippen LogP contribution in [0.5, 0.6) is 0 Å². The predicted octanol–water partition coefficient (Wildman–Crippen LogP) is 6.10. The molecule has 17 nitrogen and oxygen atoms in total. The lowest BCUT2D eigenvalue weighted by atomic mass is 9.84. The van der Waals surface area contributed by atoms with Gasteiger partial charge in [0.1, 0.15) is 18.1 Å². The highest BCUT2D eigenvalue weighted by Gasteiger charge is 2.44. The van der Waals surface area contributed by atoms with Crippen molar-refractivity contribution in [3.8, 4) is 22.4 Å². The number of hydrogen-bond donors (Lipinski definition) is 2. The molecule has 2 N–H and O–H groups in total. The van der Waals surface area contributed by atoms with Gasteiger partial charge in [0.2, 0.25) is 11.8 Å². The molecule has 380 valence electrons. The molecule has 4 atom stereocenters. The number of likely N-dealkylation sites (tertiary alicyclic amines) is 1. The van der Waals surface area contributed by atoms with Gasteiger partial charge in [-0.3, -0.25) is 34.2 Å². The Morgan fingerprint density at radius 2 is 1.82 bits per heavy atom. The van der Waals surface area contributed by atoms with E-state index >= 15 is 0 Å². The average molecular weight is 974 g/mol. The first-order valence-corrected chi connectivity index (χ1v) is 25.2. The Bertz CT molecular complexity index is 2660. The topological polar surface area (TPSA) is 181 Å². The zero-order valence-corrected chi connectivity index (χ0v) is 42.7. The van der Waals surface area contributed by atoms with Crippen LogP contribution in [0.25, 0.3) is 33.3 Å². The molecule has 71 heavy (non-hydrogen) atoms. The standard InChI is InChI=1S/C54H71N9O8/c1-10-45(64)61-24-25-71-54(32-61)18-22-60(23-19-54)52(68)59(8)47(34(3)4)49(65)57-43-27-36-26-38(31-55-30-36)37-16-17-44-40(28-37)41(48(62(44)11-2)39-14-12-20-56-46(39)35(5)69-9)29-53(6,7)33-70-51(67)42-15-13-21-63(58-42)50(43)66/h10,12,14,16-17,20,26,28,30-31,34-35,42-43,47,58H,1,11,13,15,18-19,21-25,27,29,32-33H2,2-9H3,(H,57,65)/t35-,42-,43-,47-/m0/s1. The molecular weight excluding hydrogens is 903 g/mol. The number of pyridine rings is 2. The third-order valence-corrected chi connectivity index (χ3v) is 14.8. The lowest BCUT2D eigenvalue weighted by Gasteiger charge is -2.47. The van der Waals surface area contributed by atoms with E-state index < -0.39 is 46.9 Å².